The summed E-state index contributed by atoms with van der Waals surface area (Å²) in [5.74, 6) is -1.82. The van der Waals surface area contributed by atoms with Gasteiger partial charge in [0.1, 0.15) is 17.5 Å². The van der Waals surface area contributed by atoms with E-state index < -0.39 is 40.0 Å². The molecule has 1 aromatic rings. The van der Waals surface area contributed by atoms with Gasteiger partial charge < -0.3 is 10.1 Å². The third-order valence-corrected chi connectivity index (χ3v) is 5.75. The van der Waals surface area contributed by atoms with E-state index >= 15 is 0 Å². The van der Waals surface area contributed by atoms with Crippen LogP contribution in [0.25, 0.3) is 0 Å². The van der Waals surface area contributed by atoms with E-state index in [2.05, 4.69) is 10.3 Å². The molecule has 1 fully saturated rings. The number of pyridine rings is 1. The van der Waals surface area contributed by atoms with E-state index in [1.807, 2.05) is 0 Å². The van der Waals surface area contributed by atoms with Crippen molar-refractivity contribution in [2.45, 2.75) is 44.3 Å². The van der Waals surface area contributed by atoms with Gasteiger partial charge in [-0.3, -0.25) is 9.59 Å². The molecule has 1 N–H and O–H groups in total. The molecule has 1 heterocycles. The lowest BCUT2D eigenvalue weighted by atomic mass is 10.2. The normalized spacial score (nSPS) is 15.6. The molecule has 156 valence electrons. The van der Waals surface area contributed by atoms with E-state index in [1.54, 1.807) is 0 Å². The maximum Gasteiger partial charge on any atom is 0.516 e. The molecule has 1 atom stereocenters. The average molecular weight is 444 g/mol. The molecule has 0 aliphatic heterocycles. The fourth-order valence-electron chi connectivity index (χ4n) is 2.27. The van der Waals surface area contributed by atoms with E-state index in [1.165, 1.54) is 6.07 Å². The summed E-state index contributed by atoms with van der Waals surface area (Å²) in [5, 5.41) is 2.60. The number of ether oxygens (including phenoxy) is 1. The Morgan fingerprint density at radius 3 is 2.54 bits per heavy atom. The molecule has 1 unspecified atom stereocenters. The highest BCUT2D eigenvalue weighted by molar-refractivity contribution is 7.90. The topological polar surface area (TPSA) is 106 Å². The SMILES string of the molecule is CC(=O)N(C(C)COc1cnc(Cl)c(C(=O)NC2CC2)c1)S(=O)(=O)C(F)(F)F. The number of alkyl halides is 3. The minimum Gasteiger partial charge on any atom is -0.490 e. The Bertz CT molecular complexity index is 874. The minimum absolute atomic E-state index is 0.00468. The smallest absolute Gasteiger partial charge is 0.490 e. The van der Waals surface area contributed by atoms with Crippen LogP contribution >= 0.6 is 11.6 Å². The third-order valence-electron chi connectivity index (χ3n) is 3.72. The summed E-state index contributed by atoms with van der Waals surface area (Å²) >= 11 is 5.87. The van der Waals surface area contributed by atoms with Crippen molar-refractivity contribution in [3.05, 3.63) is 23.0 Å². The van der Waals surface area contributed by atoms with Crippen molar-refractivity contribution in [1.29, 1.82) is 0 Å². The molecule has 2 amide bonds. The molecule has 1 saturated carbocycles. The first-order valence-electron chi connectivity index (χ1n) is 8.05. The van der Waals surface area contributed by atoms with Crippen molar-refractivity contribution >= 4 is 33.4 Å². The van der Waals surface area contributed by atoms with Gasteiger partial charge in [0.15, 0.2) is 0 Å². The maximum absolute atomic E-state index is 12.8. The van der Waals surface area contributed by atoms with Gasteiger partial charge in [-0.2, -0.15) is 21.6 Å². The summed E-state index contributed by atoms with van der Waals surface area (Å²) in [5.41, 5.74) is -5.63. The second-order valence-electron chi connectivity index (χ2n) is 6.18. The van der Waals surface area contributed by atoms with E-state index in [0.717, 1.165) is 26.0 Å². The van der Waals surface area contributed by atoms with Crippen LogP contribution in [-0.2, 0) is 14.8 Å². The van der Waals surface area contributed by atoms with Crippen LogP contribution < -0.4 is 10.1 Å². The number of carbonyl (C=O) groups is 2. The summed E-state index contributed by atoms with van der Waals surface area (Å²) in [7, 11) is -5.87. The second kappa shape index (κ2) is 8.11. The first kappa shape index (κ1) is 22.2. The first-order chi connectivity index (χ1) is 12.8. The number of sulfonamides is 1. The van der Waals surface area contributed by atoms with Crippen LogP contribution in [0, 0.1) is 0 Å². The van der Waals surface area contributed by atoms with Crippen LogP contribution in [0.3, 0.4) is 0 Å². The van der Waals surface area contributed by atoms with Crippen LogP contribution in [0.2, 0.25) is 5.15 Å². The predicted octanol–water partition coefficient (Wildman–Crippen LogP) is 2.09. The van der Waals surface area contributed by atoms with Crippen molar-refractivity contribution in [3.8, 4) is 5.75 Å². The molecule has 1 aliphatic rings. The first-order valence-corrected chi connectivity index (χ1v) is 9.87. The molecule has 0 aromatic carbocycles. The standard InChI is InChI=1S/C15H17ClF3N3O5S/c1-8(22(9(2)23)28(25,26)15(17,18)19)7-27-11-5-12(13(16)20-6-11)14(24)21-10-3-4-10/h5-6,8,10H,3-4,7H2,1-2H3,(H,21,24). The zero-order valence-electron chi connectivity index (χ0n) is 14.8. The Kier molecular flexibility index (Phi) is 6.44. The molecule has 2 rings (SSSR count). The quantitative estimate of drug-likeness (QED) is 0.647. The average Bonchev–Trinajstić information content (AvgIpc) is 3.36. The van der Waals surface area contributed by atoms with Crippen molar-refractivity contribution in [3.63, 3.8) is 0 Å². The highest BCUT2D eigenvalue weighted by Crippen LogP contribution is 2.29. The number of carbonyl (C=O) groups excluding carboxylic acids is 2. The van der Waals surface area contributed by atoms with Gasteiger partial charge in [0.05, 0.1) is 17.8 Å². The summed E-state index contributed by atoms with van der Waals surface area (Å²) in [6.07, 6.45) is 2.82. The molecule has 0 radical (unpaired) electrons. The van der Waals surface area contributed by atoms with Crippen LogP contribution in [0.1, 0.15) is 37.0 Å². The highest BCUT2D eigenvalue weighted by Gasteiger charge is 2.52. The Balaban J connectivity index is 2.13. The fraction of sp³-hybridized carbons (Fsp3) is 0.533. The molecule has 28 heavy (non-hydrogen) atoms. The summed E-state index contributed by atoms with van der Waals surface area (Å²) in [4.78, 5) is 27.4. The van der Waals surface area contributed by atoms with Crippen LogP contribution in [-0.4, -0.2) is 53.7 Å². The number of halogens is 4. The molecule has 13 heteroatoms. The molecular weight excluding hydrogens is 427 g/mol. The Hall–Kier alpha value is -2.08. The van der Waals surface area contributed by atoms with Gasteiger partial charge in [-0.25, -0.2) is 9.29 Å². The van der Waals surface area contributed by atoms with Crippen LogP contribution in [0.15, 0.2) is 12.3 Å². The number of aromatic nitrogens is 1. The van der Waals surface area contributed by atoms with Gasteiger partial charge >= 0.3 is 15.5 Å². The fourth-order valence-corrected chi connectivity index (χ4v) is 3.56. The van der Waals surface area contributed by atoms with Crippen LogP contribution in [0.4, 0.5) is 13.2 Å². The van der Waals surface area contributed by atoms with E-state index in [9.17, 15) is 31.2 Å². The number of rotatable bonds is 7. The largest absolute Gasteiger partial charge is 0.516 e. The minimum atomic E-state index is -5.87. The molecule has 1 aliphatic carbocycles. The summed E-state index contributed by atoms with van der Waals surface area (Å²) < 4.78 is 66.4. The van der Waals surface area contributed by atoms with Crippen molar-refractivity contribution in [1.82, 2.24) is 14.6 Å². The molecule has 0 spiro atoms. The Morgan fingerprint density at radius 2 is 2.04 bits per heavy atom. The number of hydrogen-bond acceptors (Lipinski definition) is 6. The number of nitrogens with zero attached hydrogens (tertiary/aromatic N) is 2. The third kappa shape index (κ3) is 5.04. The lowest BCUT2D eigenvalue weighted by molar-refractivity contribution is -0.127. The van der Waals surface area contributed by atoms with Crippen molar-refractivity contribution in [2.75, 3.05) is 6.61 Å². The van der Waals surface area contributed by atoms with E-state index in [0.29, 0.717) is 6.92 Å². The second-order valence-corrected chi connectivity index (χ2v) is 8.35. The Labute approximate surface area is 164 Å². The predicted molar refractivity (Wildman–Crippen MR) is 92.2 cm³/mol. The molecule has 0 saturated heterocycles. The van der Waals surface area contributed by atoms with Gasteiger partial charge in [-0.05, 0) is 25.8 Å². The van der Waals surface area contributed by atoms with Crippen LogP contribution in [0.5, 0.6) is 5.75 Å². The van der Waals surface area contributed by atoms with Gasteiger partial charge in [-0.1, -0.05) is 11.6 Å². The van der Waals surface area contributed by atoms with Gasteiger partial charge in [0.2, 0.25) is 5.91 Å². The lowest BCUT2D eigenvalue weighted by Crippen LogP contribution is -2.50. The number of amides is 2. The van der Waals surface area contributed by atoms with Crippen molar-refractivity contribution < 1.29 is 35.9 Å². The van der Waals surface area contributed by atoms with Gasteiger partial charge in [0, 0.05) is 13.0 Å². The summed E-state index contributed by atoms with van der Waals surface area (Å²) in [6, 6.07) is -0.177. The highest BCUT2D eigenvalue weighted by atomic mass is 35.5. The number of nitrogens with one attached hydrogen (secondary N) is 1. The monoisotopic (exact) mass is 443 g/mol. The molecule has 0 bridgehead atoms. The summed E-state index contributed by atoms with van der Waals surface area (Å²) in [6.45, 7) is 1.18. The van der Waals surface area contributed by atoms with E-state index in [-0.39, 0.29) is 26.8 Å². The molecule has 1 aromatic heterocycles. The van der Waals surface area contributed by atoms with Gasteiger partial charge in [-0.15, -0.1) is 0 Å². The molecular formula is C15H17ClF3N3O5S. The maximum atomic E-state index is 12.8. The molecule has 8 nitrogen and oxygen atoms in total. The zero-order valence-corrected chi connectivity index (χ0v) is 16.4. The lowest BCUT2D eigenvalue weighted by Gasteiger charge is -2.28. The zero-order chi connectivity index (χ0) is 21.3. The Morgan fingerprint density at radius 1 is 1.43 bits per heavy atom. The van der Waals surface area contributed by atoms with E-state index in [4.69, 9.17) is 16.3 Å². The number of hydrogen-bond donors (Lipinski definition) is 1. The van der Waals surface area contributed by atoms with Gasteiger partial charge in [0.25, 0.3) is 5.91 Å². The van der Waals surface area contributed by atoms with Crippen molar-refractivity contribution in [2.24, 2.45) is 0 Å².